The van der Waals surface area contributed by atoms with E-state index in [0.717, 1.165) is 24.1 Å². The molecule has 5 heteroatoms. The van der Waals surface area contributed by atoms with E-state index in [1.165, 1.54) is 0 Å². The van der Waals surface area contributed by atoms with E-state index in [4.69, 9.17) is 0 Å². The first kappa shape index (κ1) is 16.2. The van der Waals surface area contributed by atoms with Crippen molar-refractivity contribution in [3.63, 3.8) is 0 Å². The Balaban J connectivity index is 1.94. The number of benzene rings is 2. The standard InChI is InChI=1S/C18H22N2O2S/c1-14-11-12-19-13-17(14)20-23(21,22)18-10-6-5-9-16(18)15-7-3-2-4-8-15/h2-10,14,17,19-20H,11-13H2,1H3. The normalized spacial score (nSPS) is 22.0. The lowest BCUT2D eigenvalue weighted by Crippen LogP contribution is -2.50. The highest BCUT2D eigenvalue weighted by atomic mass is 32.2. The van der Waals surface area contributed by atoms with E-state index in [2.05, 4.69) is 17.0 Å². The third kappa shape index (κ3) is 3.63. The van der Waals surface area contributed by atoms with Crippen molar-refractivity contribution >= 4 is 10.0 Å². The molecule has 1 fully saturated rings. The zero-order chi connectivity index (χ0) is 16.3. The highest BCUT2D eigenvalue weighted by molar-refractivity contribution is 7.89. The molecule has 1 aliphatic heterocycles. The molecule has 2 atom stereocenters. The predicted molar refractivity (Wildman–Crippen MR) is 92.6 cm³/mol. The maximum atomic E-state index is 12.9. The average Bonchev–Trinajstić information content (AvgIpc) is 2.58. The van der Waals surface area contributed by atoms with Crippen molar-refractivity contribution in [3.05, 3.63) is 54.6 Å². The molecule has 2 N–H and O–H groups in total. The molecule has 0 radical (unpaired) electrons. The summed E-state index contributed by atoms with van der Waals surface area (Å²) in [6.07, 6.45) is 0.980. The van der Waals surface area contributed by atoms with E-state index in [0.29, 0.717) is 17.4 Å². The third-order valence-corrected chi connectivity index (χ3v) is 5.94. The fourth-order valence-electron chi connectivity index (χ4n) is 2.97. The molecule has 23 heavy (non-hydrogen) atoms. The number of nitrogens with one attached hydrogen (secondary N) is 2. The van der Waals surface area contributed by atoms with Crippen molar-refractivity contribution in [2.75, 3.05) is 13.1 Å². The monoisotopic (exact) mass is 330 g/mol. The molecule has 0 amide bonds. The summed E-state index contributed by atoms with van der Waals surface area (Å²) in [5, 5.41) is 3.26. The Hall–Kier alpha value is -1.69. The third-order valence-electron chi connectivity index (χ3n) is 4.40. The van der Waals surface area contributed by atoms with Crippen LogP contribution in [-0.4, -0.2) is 27.5 Å². The van der Waals surface area contributed by atoms with Crippen LogP contribution in [0.2, 0.25) is 0 Å². The molecule has 0 spiro atoms. The SMILES string of the molecule is CC1CCNCC1NS(=O)(=O)c1ccccc1-c1ccccc1. The lowest BCUT2D eigenvalue weighted by atomic mass is 9.96. The summed E-state index contributed by atoms with van der Waals surface area (Å²) in [4.78, 5) is 0.337. The second-order valence-electron chi connectivity index (χ2n) is 6.06. The minimum Gasteiger partial charge on any atom is -0.315 e. The second kappa shape index (κ2) is 6.83. The van der Waals surface area contributed by atoms with Gasteiger partial charge < -0.3 is 5.32 Å². The first-order valence-corrected chi connectivity index (χ1v) is 9.44. The average molecular weight is 330 g/mol. The van der Waals surface area contributed by atoms with Crippen LogP contribution in [0.1, 0.15) is 13.3 Å². The lowest BCUT2D eigenvalue weighted by Gasteiger charge is -2.30. The van der Waals surface area contributed by atoms with Gasteiger partial charge in [0.15, 0.2) is 0 Å². The Labute approximate surface area is 138 Å². The maximum Gasteiger partial charge on any atom is 0.241 e. The van der Waals surface area contributed by atoms with Crippen LogP contribution >= 0.6 is 0 Å². The minimum absolute atomic E-state index is 0.0717. The number of piperidine rings is 1. The van der Waals surface area contributed by atoms with Gasteiger partial charge in [0.2, 0.25) is 10.0 Å². The molecule has 0 saturated carbocycles. The lowest BCUT2D eigenvalue weighted by molar-refractivity contribution is 0.327. The zero-order valence-electron chi connectivity index (χ0n) is 13.2. The molecule has 1 saturated heterocycles. The summed E-state index contributed by atoms with van der Waals surface area (Å²) < 4.78 is 28.7. The number of sulfonamides is 1. The topological polar surface area (TPSA) is 58.2 Å². The summed E-state index contributed by atoms with van der Waals surface area (Å²) in [7, 11) is -3.56. The van der Waals surface area contributed by atoms with Crippen molar-refractivity contribution in [2.24, 2.45) is 5.92 Å². The molecule has 4 nitrogen and oxygen atoms in total. The van der Waals surface area contributed by atoms with Crippen LogP contribution in [0.3, 0.4) is 0 Å². The number of hydrogen-bond acceptors (Lipinski definition) is 3. The molecule has 2 aromatic carbocycles. The van der Waals surface area contributed by atoms with Gasteiger partial charge in [0, 0.05) is 18.2 Å². The minimum atomic E-state index is -3.56. The molecule has 2 aromatic rings. The van der Waals surface area contributed by atoms with E-state index in [9.17, 15) is 8.42 Å². The van der Waals surface area contributed by atoms with E-state index in [-0.39, 0.29) is 6.04 Å². The summed E-state index contributed by atoms with van der Waals surface area (Å²) in [6.45, 7) is 3.71. The Kier molecular flexibility index (Phi) is 4.80. The highest BCUT2D eigenvalue weighted by Crippen LogP contribution is 2.27. The largest absolute Gasteiger partial charge is 0.315 e. The first-order chi connectivity index (χ1) is 11.1. The second-order valence-corrected chi connectivity index (χ2v) is 7.74. The van der Waals surface area contributed by atoms with Gasteiger partial charge in [0.05, 0.1) is 4.90 Å². The Morgan fingerprint density at radius 3 is 2.48 bits per heavy atom. The van der Waals surface area contributed by atoms with Crippen molar-refractivity contribution in [3.8, 4) is 11.1 Å². The Morgan fingerprint density at radius 1 is 1.04 bits per heavy atom. The smallest absolute Gasteiger partial charge is 0.241 e. The summed E-state index contributed by atoms with van der Waals surface area (Å²) in [5.41, 5.74) is 1.64. The van der Waals surface area contributed by atoms with Crippen molar-refractivity contribution in [2.45, 2.75) is 24.3 Å². The van der Waals surface area contributed by atoms with E-state index in [1.54, 1.807) is 12.1 Å². The van der Waals surface area contributed by atoms with Crippen LogP contribution in [0.15, 0.2) is 59.5 Å². The fourth-order valence-corrected chi connectivity index (χ4v) is 4.54. The number of hydrogen-bond donors (Lipinski definition) is 2. The van der Waals surface area contributed by atoms with E-state index < -0.39 is 10.0 Å². The molecule has 0 aromatic heterocycles. The van der Waals surface area contributed by atoms with Gasteiger partial charge in [-0.15, -0.1) is 0 Å². The predicted octanol–water partition coefficient (Wildman–Crippen LogP) is 2.63. The van der Waals surface area contributed by atoms with Gasteiger partial charge in [0.1, 0.15) is 0 Å². The van der Waals surface area contributed by atoms with Crippen LogP contribution in [0.4, 0.5) is 0 Å². The van der Waals surface area contributed by atoms with Crippen molar-refractivity contribution in [1.82, 2.24) is 10.0 Å². The van der Waals surface area contributed by atoms with Crippen LogP contribution < -0.4 is 10.0 Å². The van der Waals surface area contributed by atoms with Crippen LogP contribution in [0, 0.1) is 5.92 Å². The van der Waals surface area contributed by atoms with Crippen LogP contribution in [0.25, 0.3) is 11.1 Å². The quantitative estimate of drug-likeness (QED) is 0.906. The number of rotatable bonds is 4. The summed E-state index contributed by atoms with van der Waals surface area (Å²) in [6, 6.07) is 16.7. The van der Waals surface area contributed by atoms with Crippen LogP contribution in [0.5, 0.6) is 0 Å². The molecular weight excluding hydrogens is 308 g/mol. The zero-order valence-corrected chi connectivity index (χ0v) is 14.0. The molecule has 2 unspecified atom stereocenters. The van der Waals surface area contributed by atoms with E-state index in [1.807, 2.05) is 42.5 Å². The van der Waals surface area contributed by atoms with Gasteiger partial charge in [-0.1, -0.05) is 55.5 Å². The molecule has 1 heterocycles. The summed E-state index contributed by atoms with van der Waals surface area (Å²) in [5.74, 6) is 0.329. The Morgan fingerprint density at radius 2 is 1.74 bits per heavy atom. The maximum absolute atomic E-state index is 12.9. The van der Waals surface area contributed by atoms with Gasteiger partial charge in [-0.25, -0.2) is 13.1 Å². The molecular formula is C18H22N2O2S. The molecule has 1 aliphatic rings. The molecule has 122 valence electrons. The van der Waals surface area contributed by atoms with E-state index >= 15 is 0 Å². The molecule has 3 rings (SSSR count). The van der Waals surface area contributed by atoms with Crippen molar-refractivity contribution < 1.29 is 8.42 Å². The van der Waals surface area contributed by atoms with Gasteiger partial charge in [-0.2, -0.15) is 0 Å². The fraction of sp³-hybridized carbons (Fsp3) is 0.333. The first-order valence-electron chi connectivity index (χ1n) is 7.95. The van der Waals surface area contributed by atoms with Gasteiger partial charge in [-0.3, -0.25) is 0 Å². The summed E-state index contributed by atoms with van der Waals surface area (Å²) >= 11 is 0. The Bertz CT molecular complexity index is 760. The molecule has 0 aliphatic carbocycles. The molecule has 0 bridgehead atoms. The van der Waals surface area contributed by atoms with Gasteiger partial charge in [-0.05, 0) is 30.5 Å². The van der Waals surface area contributed by atoms with Gasteiger partial charge >= 0.3 is 0 Å². The van der Waals surface area contributed by atoms with Crippen LogP contribution in [-0.2, 0) is 10.0 Å². The van der Waals surface area contributed by atoms with Gasteiger partial charge in [0.25, 0.3) is 0 Å². The van der Waals surface area contributed by atoms with Crippen molar-refractivity contribution in [1.29, 1.82) is 0 Å². The highest BCUT2D eigenvalue weighted by Gasteiger charge is 2.28.